The first-order valence-corrected chi connectivity index (χ1v) is 13.8. The molecule has 9 heteroatoms. The second-order valence-corrected chi connectivity index (χ2v) is 9.32. The van der Waals surface area contributed by atoms with Gasteiger partial charge in [-0.2, -0.15) is 0 Å². The zero-order chi connectivity index (χ0) is 26.9. The van der Waals surface area contributed by atoms with Crippen molar-refractivity contribution >= 4 is 32.6 Å². The van der Waals surface area contributed by atoms with Crippen LogP contribution in [0.1, 0.15) is 50.5 Å². The molecule has 8 nitrogen and oxygen atoms in total. The molecule has 2 aromatic carbocycles. The summed E-state index contributed by atoms with van der Waals surface area (Å²) < 4.78 is 24.1. The van der Waals surface area contributed by atoms with Crippen LogP contribution in [0.25, 0.3) is 10.2 Å². The summed E-state index contributed by atoms with van der Waals surface area (Å²) in [6.07, 6.45) is 0. The van der Waals surface area contributed by atoms with E-state index < -0.39 is 0 Å². The van der Waals surface area contributed by atoms with Gasteiger partial charge in [0.25, 0.3) is 5.91 Å². The maximum absolute atomic E-state index is 14.1. The van der Waals surface area contributed by atoms with Crippen LogP contribution < -0.4 is 23.8 Å². The summed E-state index contributed by atoms with van der Waals surface area (Å²) in [6, 6.07) is 7.41. The Morgan fingerprint density at radius 2 is 1.51 bits per heavy atom. The van der Waals surface area contributed by atoms with Gasteiger partial charge in [-0.1, -0.05) is 31.3 Å². The van der Waals surface area contributed by atoms with Gasteiger partial charge in [0.2, 0.25) is 5.75 Å². The molecule has 0 aliphatic carbocycles. The number of anilines is 1. The third-order valence-corrected chi connectivity index (χ3v) is 7.29. The SMILES string of the molecule is CCOc1cc(C(=O)N(CCN(CC)CC)c2nc3c(OC)ccc(C)c3s2)cc(OCC)c1OCC. The third-order valence-electron chi connectivity index (χ3n) is 6.08. The van der Waals surface area contributed by atoms with Crippen molar-refractivity contribution in [1.29, 1.82) is 0 Å². The summed E-state index contributed by atoms with van der Waals surface area (Å²) in [7, 11) is 1.64. The number of fused-ring (bicyclic) bond motifs is 1. The van der Waals surface area contributed by atoms with Crippen molar-refractivity contribution in [2.24, 2.45) is 0 Å². The van der Waals surface area contributed by atoms with Gasteiger partial charge in [0.1, 0.15) is 11.3 Å². The lowest BCUT2D eigenvalue weighted by atomic mass is 10.1. The molecule has 3 aromatic rings. The number of methoxy groups -OCH3 is 1. The summed E-state index contributed by atoms with van der Waals surface area (Å²) in [5.41, 5.74) is 2.31. The highest BCUT2D eigenvalue weighted by Crippen LogP contribution is 2.41. The van der Waals surface area contributed by atoms with E-state index in [1.54, 1.807) is 24.1 Å². The minimum absolute atomic E-state index is 0.173. The van der Waals surface area contributed by atoms with E-state index in [1.165, 1.54) is 11.3 Å². The lowest BCUT2D eigenvalue weighted by molar-refractivity contribution is 0.0982. The summed E-state index contributed by atoms with van der Waals surface area (Å²) in [5, 5.41) is 0.629. The number of carbonyl (C=O) groups is 1. The van der Waals surface area contributed by atoms with Crippen molar-refractivity contribution in [3.05, 3.63) is 35.4 Å². The second kappa shape index (κ2) is 13.5. The Morgan fingerprint density at radius 1 is 0.892 bits per heavy atom. The molecule has 1 amide bonds. The second-order valence-electron chi connectivity index (χ2n) is 8.34. The topological polar surface area (TPSA) is 73.4 Å². The number of amides is 1. The summed E-state index contributed by atoms with van der Waals surface area (Å²) in [4.78, 5) is 23.0. The highest BCUT2D eigenvalue weighted by Gasteiger charge is 2.26. The number of thiazole rings is 1. The lowest BCUT2D eigenvalue weighted by Crippen LogP contribution is -2.39. The largest absolute Gasteiger partial charge is 0.494 e. The predicted octanol–water partition coefficient (Wildman–Crippen LogP) is 5.80. The Labute approximate surface area is 224 Å². The van der Waals surface area contributed by atoms with Crippen LogP contribution in [0, 0.1) is 6.92 Å². The van der Waals surface area contributed by atoms with Crippen LogP contribution >= 0.6 is 11.3 Å². The zero-order valence-corrected chi connectivity index (χ0v) is 23.9. The Hall–Kier alpha value is -3.04. The molecule has 0 radical (unpaired) electrons. The van der Waals surface area contributed by atoms with Gasteiger partial charge >= 0.3 is 0 Å². The van der Waals surface area contributed by atoms with E-state index in [-0.39, 0.29) is 5.91 Å². The van der Waals surface area contributed by atoms with Crippen molar-refractivity contribution in [2.75, 3.05) is 58.0 Å². The number of likely N-dealkylation sites (N-methyl/N-ethyl adjacent to an activating group) is 1. The molecule has 0 bridgehead atoms. The Morgan fingerprint density at radius 3 is 2.05 bits per heavy atom. The third kappa shape index (κ3) is 6.45. The molecule has 0 aliphatic rings. The van der Waals surface area contributed by atoms with Gasteiger partial charge < -0.3 is 23.8 Å². The fourth-order valence-corrected chi connectivity index (χ4v) is 5.19. The number of rotatable bonds is 14. The molecule has 0 saturated carbocycles. The van der Waals surface area contributed by atoms with Crippen molar-refractivity contribution in [2.45, 2.75) is 41.5 Å². The average molecular weight is 530 g/mol. The number of aromatic nitrogens is 1. The highest BCUT2D eigenvalue weighted by molar-refractivity contribution is 7.22. The number of aryl methyl sites for hydroxylation is 1. The van der Waals surface area contributed by atoms with Crippen LogP contribution in [0.3, 0.4) is 0 Å². The van der Waals surface area contributed by atoms with Gasteiger partial charge in [-0.15, -0.1) is 0 Å². The van der Waals surface area contributed by atoms with Crippen LogP contribution in [-0.4, -0.2) is 68.9 Å². The normalized spacial score (nSPS) is 11.1. The summed E-state index contributed by atoms with van der Waals surface area (Å²) in [6.45, 7) is 16.3. The lowest BCUT2D eigenvalue weighted by Gasteiger charge is -2.25. The number of hydrogen-bond acceptors (Lipinski definition) is 8. The first-order chi connectivity index (χ1) is 17.9. The molecule has 0 saturated heterocycles. The maximum atomic E-state index is 14.1. The molecular formula is C28H39N3O5S. The molecular weight excluding hydrogens is 490 g/mol. The molecule has 202 valence electrons. The van der Waals surface area contributed by atoms with Gasteiger partial charge in [-0.25, -0.2) is 4.98 Å². The van der Waals surface area contributed by atoms with E-state index in [4.69, 9.17) is 23.9 Å². The van der Waals surface area contributed by atoms with Crippen molar-refractivity contribution in [3.8, 4) is 23.0 Å². The van der Waals surface area contributed by atoms with Gasteiger partial charge in [-0.05, 0) is 64.5 Å². The van der Waals surface area contributed by atoms with E-state index in [2.05, 4.69) is 18.7 Å². The minimum atomic E-state index is -0.173. The fourth-order valence-electron chi connectivity index (χ4n) is 4.11. The Balaban J connectivity index is 2.12. The number of ether oxygens (including phenoxy) is 4. The molecule has 37 heavy (non-hydrogen) atoms. The predicted molar refractivity (Wildman–Crippen MR) is 150 cm³/mol. The van der Waals surface area contributed by atoms with E-state index in [0.29, 0.717) is 60.1 Å². The molecule has 0 spiro atoms. The molecule has 1 aromatic heterocycles. The highest BCUT2D eigenvalue weighted by atomic mass is 32.1. The fraction of sp³-hybridized carbons (Fsp3) is 0.500. The minimum Gasteiger partial charge on any atom is -0.494 e. The number of benzene rings is 2. The van der Waals surface area contributed by atoms with Crippen LogP contribution in [-0.2, 0) is 0 Å². The number of nitrogens with zero attached hydrogens (tertiary/aromatic N) is 3. The van der Waals surface area contributed by atoms with Crippen LogP contribution in [0.15, 0.2) is 24.3 Å². The first kappa shape index (κ1) is 28.5. The van der Waals surface area contributed by atoms with Gasteiger partial charge in [0.05, 0.1) is 31.6 Å². The van der Waals surface area contributed by atoms with Crippen molar-refractivity contribution in [1.82, 2.24) is 9.88 Å². The Kier molecular flexibility index (Phi) is 10.4. The van der Waals surface area contributed by atoms with E-state index in [9.17, 15) is 4.79 Å². The summed E-state index contributed by atoms with van der Waals surface area (Å²) in [5.74, 6) is 2.01. The van der Waals surface area contributed by atoms with Crippen molar-refractivity contribution < 1.29 is 23.7 Å². The Bertz CT molecular complexity index is 1170. The van der Waals surface area contributed by atoms with Gasteiger partial charge in [0, 0.05) is 18.7 Å². The standard InChI is InChI=1S/C28H39N3O5S/c1-8-30(9-2)15-16-31(28-29-24-21(33-7)14-13-19(6)26(24)37-28)27(32)20-17-22(34-10-3)25(36-12-5)23(18-20)35-11-4/h13-14,17-18H,8-12,15-16H2,1-7H3. The molecule has 3 rings (SSSR count). The number of carbonyl (C=O) groups excluding carboxylic acids is 1. The van der Waals surface area contributed by atoms with Gasteiger partial charge in [-0.3, -0.25) is 9.69 Å². The van der Waals surface area contributed by atoms with Gasteiger partial charge in [0.15, 0.2) is 16.6 Å². The average Bonchev–Trinajstić information content (AvgIpc) is 3.35. The maximum Gasteiger partial charge on any atom is 0.260 e. The number of hydrogen-bond donors (Lipinski definition) is 0. The van der Waals surface area contributed by atoms with Crippen LogP contribution in [0.5, 0.6) is 23.0 Å². The van der Waals surface area contributed by atoms with Crippen LogP contribution in [0.4, 0.5) is 5.13 Å². The summed E-state index contributed by atoms with van der Waals surface area (Å²) >= 11 is 1.50. The monoisotopic (exact) mass is 529 g/mol. The molecule has 0 N–H and O–H groups in total. The van der Waals surface area contributed by atoms with Crippen LogP contribution in [0.2, 0.25) is 0 Å². The molecule has 0 unspecified atom stereocenters. The van der Waals surface area contributed by atoms with Crippen molar-refractivity contribution in [3.63, 3.8) is 0 Å². The van der Waals surface area contributed by atoms with E-state index in [0.717, 1.165) is 35.4 Å². The molecule has 0 aliphatic heterocycles. The quantitative estimate of drug-likeness (QED) is 0.261. The molecule has 1 heterocycles. The van der Waals surface area contributed by atoms with E-state index >= 15 is 0 Å². The molecule has 0 atom stereocenters. The molecule has 0 fully saturated rings. The zero-order valence-electron chi connectivity index (χ0n) is 23.1. The smallest absolute Gasteiger partial charge is 0.260 e. The van der Waals surface area contributed by atoms with E-state index in [1.807, 2.05) is 39.8 Å². The first-order valence-electron chi connectivity index (χ1n) is 13.0.